The Labute approximate surface area is 116 Å². The van der Waals surface area contributed by atoms with Crippen LogP contribution < -0.4 is 5.32 Å². The van der Waals surface area contributed by atoms with E-state index in [1.807, 2.05) is 12.1 Å². The fraction of sp³-hybridized carbons (Fsp3) is 0.647. The van der Waals surface area contributed by atoms with E-state index >= 15 is 0 Å². The molecule has 3 atom stereocenters. The molecule has 1 aromatic rings. The van der Waals surface area contributed by atoms with Crippen LogP contribution in [0, 0.1) is 17.7 Å². The lowest BCUT2D eigenvalue weighted by molar-refractivity contribution is 0.221. The summed E-state index contributed by atoms with van der Waals surface area (Å²) in [6.07, 6.45) is 6.14. The number of hydrogen-bond acceptors (Lipinski definition) is 1. The molecule has 1 aliphatic carbocycles. The second-order valence-electron chi connectivity index (χ2n) is 5.99. The number of hydrogen-bond donors (Lipinski definition) is 1. The number of nitrogens with one attached hydrogen (secondary N) is 1. The van der Waals surface area contributed by atoms with Crippen LogP contribution in [0.1, 0.15) is 57.6 Å². The second kappa shape index (κ2) is 7.04. The van der Waals surface area contributed by atoms with E-state index in [-0.39, 0.29) is 11.9 Å². The highest BCUT2D eigenvalue weighted by Gasteiger charge is 2.28. The Morgan fingerprint density at radius 3 is 2.79 bits per heavy atom. The molecule has 1 N–H and O–H groups in total. The zero-order valence-corrected chi connectivity index (χ0v) is 12.2. The third kappa shape index (κ3) is 3.79. The highest BCUT2D eigenvalue weighted by molar-refractivity contribution is 5.22. The van der Waals surface area contributed by atoms with E-state index in [1.54, 1.807) is 12.1 Å². The van der Waals surface area contributed by atoms with Crippen molar-refractivity contribution in [3.05, 3.63) is 35.6 Å². The molecular weight excluding hydrogens is 237 g/mol. The van der Waals surface area contributed by atoms with Crippen molar-refractivity contribution in [2.45, 2.75) is 52.0 Å². The molecule has 0 aliphatic heterocycles. The summed E-state index contributed by atoms with van der Waals surface area (Å²) in [7, 11) is 0. The Morgan fingerprint density at radius 1 is 1.32 bits per heavy atom. The molecule has 0 amide bonds. The number of rotatable bonds is 5. The molecule has 2 rings (SSSR count). The summed E-state index contributed by atoms with van der Waals surface area (Å²) >= 11 is 0. The Balaban J connectivity index is 2.17. The summed E-state index contributed by atoms with van der Waals surface area (Å²) < 4.78 is 14.1. The predicted octanol–water partition coefficient (Wildman–Crippen LogP) is 4.69. The molecule has 0 radical (unpaired) electrons. The molecule has 1 nitrogen and oxygen atoms in total. The standard InChI is InChI=1S/C17H26FN/c1-3-11-19-17(14-8-6-7-13(2)12-14)15-9-4-5-10-16(15)18/h4-5,9-10,13-14,17,19H,3,6-8,11-12H2,1-2H3. The van der Waals surface area contributed by atoms with Crippen molar-refractivity contribution >= 4 is 0 Å². The lowest BCUT2D eigenvalue weighted by atomic mass is 9.76. The van der Waals surface area contributed by atoms with Crippen LogP contribution in [-0.2, 0) is 0 Å². The van der Waals surface area contributed by atoms with Gasteiger partial charge in [0.1, 0.15) is 5.82 Å². The monoisotopic (exact) mass is 263 g/mol. The first-order valence-electron chi connectivity index (χ1n) is 7.70. The third-order valence-electron chi connectivity index (χ3n) is 4.30. The van der Waals surface area contributed by atoms with E-state index in [0.717, 1.165) is 24.4 Å². The van der Waals surface area contributed by atoms with Crippen LogP contribution in [0.25, 0.3) is 0 Å². The molecule has 0 bridgehead atoms. The fourth-order valence-corrected chi connectivity index (χ4v) is 3.34. The van der Waals surface area contributed by atoms with Crippen LogP contribution in [0.4, 0.5) is 4.39 Å². The maximum absolute atomic E-state index is 14.1. The molecule has 1 saturated carbocycles. The Morgan fingerprint density at radius 2 is 2.11 bits per heavy atom. The minimum absolute atomic E-state index is 0.0608. The zero-order valence-electron chi connectivity index (χ0n) is 12.2. The quantitative estimate of drug-likeness (QED) is 0.812. The highest BCUT2D eigenvalue weighted by Crippen LogP contribution is 2.37. The predicted molar refractivity (Wildman–Crippen MR) is 78.6 cm³/mol. The van der Waals surface area contributed by atoms with Gasteiger partial charge in [0.25, 0.3) is 0 Å². The van der Waals surface area contributed by atoms with E-state index < -0.39 is 0 Å². The van der Waals surface area contributed by atoms with Crippen molar-refractivity contribution < 1.29 is 4.39 Å². The Hall–Kier alpha value is -0.890. The molecule has 1 fully saturated rings. The van der Waals surface area contributed by atoms with Gasteiger partial charge in [-0.2, -0.15) is 0 Å². The first-order valence-corrected chi connectivity index (χ1v) is 7.70. The lowest BCUT2D eigenvalue weighted by Crippen LogP contribution is -2.32. The first-order chi connectivity index (χ1) is 9.22. The van der Waals surface area contributed by atoms with E-state index in [4.69, 9.17) is 0 Å². The molecule has 1 aliphatic rings. The smallest absolute Gasteiger partial charge is 0.127 e. The molecule has 0 aromatic heterocycles. The van der Waals surface area contributed by atoms with Gasteiger partial charge < -0.3 is 5.32 Å². The average molecular weight is 263 g/mol. The van der Waals surface area contributed by atoms with Crippen LogP contribution in [0.15, 0.2) is 24.3 Å². The Bertz CT molecular complexity index is 391. The van der Waals surface area contributed by atoms with Gasteiger partial charge in [-0.15, -0.1) is 0 Å². The molecule has 19 heavy (non-hydrogen) atoms. The SMILES string of the molecule is CCCNC(c1ccccc1F)C1CCCC(C)C1. The number of benzene rings is 1. The van der Waals surface area contributed by atoms with Gasteiger partial charge in [-0.25, -0.2) is 4.39 Å². The maximum Gasteiger partial charge on any atom is 0.127 e. The van der Waals surface area contributed by atoms with Crippen LogP contribution >= 0.6 is 0 Å². The number of halogens is 1. The van der Waals surface area contributed by atoms with Crippen LogP contribution in [0.2, 0.25) is 0 Å². The fourth-order valence-electron chi connectivity index (χ4n) is 3.34. The topological polar surface area (TPSA) is 12.0 Å². The molecule has 0 spiro atoms. The summed E-state index contributed by atoms with van der Waals surface area (Å²) in [6.45, 7) is 5.45. The van der Waals surface area contributed by atoms with Crippen molar-refractivity contribution in [2.24, 2.45) is 11.8 Å². The van der Waals surface area contributed by atoms with Crippen molar-refractivity contribution in [1.29, 1.82) is 0 Å². The average Bonchev–Trinajstić information content (AvgIpc) is 2.41. The van der Waals surface area contributed by atoms with Crippen molar-refractivity contribution in [2.75, 3.05) is 6.54 Å². The van der Waals surface area contributed by atoms with Gasteiger partial charge in [0.2, 0.25) is 0 Å². The summed E-state index contributed by atoms with van der Waals surface area (Å²) in [5.74, 6) is 1.29. The van der Waals surface area contributed by atoms with Gasteiger partial charge in [-0.3, -0.25) is 0 Å². The lowest BCUT2D eigenvalue weighted by Gasteiger charge is -2.34. The molecule has 1 aromatic carbocycles. The van der Waals surface area contributed by atoms with Gasteiger partial charge in [0.15, 0.2) is 0 Å². The third-order valence-corrected chi connectivity index (χ3v) is 4.30. The first kappa shape index (κ1) is 14.5. The minimum atomic E-state index is -0.0608. The minimum Gasteiger partial charge on any atom is -0.310 e. The van der Waals surface area contributed by atoms with Gasteiger partial charge in [0, 0.05) is 11.6 Å². The molecule has 2 heteroatoms. The van der Waals surface area contributed by atoms with Crippen LogP contribution in [0.5, 0.6) is 0 Å². The summed E-state index contributed by atoms with van der Waals surface area (Å²) in [4.78, 5) is 0. The molecule has 0 heterocycles. The van der Waals surface area contributed by atoms with Crippen molar-refractivity contribution in [1.82, 2.24) is 5.32 Å². The normalized spacial score (nSPS) is 25.2. The second-order valence-corrected chi connectivity index (χ2v) is 5.99. The highest BCUT2D eigenvalue weighted by atomic mass is 19.1. The van der Waals surface area contributed by atoms with Crippen molar-refractivity contribution in [3.63, 3.8) is 0 Å². The van der Waals surface area contributed by atoms with E-state index in [0.29, 0.717) is 5.92 Å². The van der Waals surface area contributed by atoms with Gasteiger partial charge in [0.05, 0.1) is 0 Å². The van der Waals surface area contributed by atoms with E-state index in [1.165, 1.54) is 25.7 Å². The summed E-state index contributed by atoms with van der Waals surface area (Å²) in [6, 6.07) is 7.44. The molecule has 3 unspecified atom stereocenters. The molecule has 106 valence electrons. The van der Waals surface area contributed by atoms with Gasteiger partial charge in [-0.1, -0.05) is 44.9 Å². The summed E-state index contributed by atoms with van der Waals surface area (Å²) in [5, 5.41) is 3.58. The molecule has 0 saturated heterocycles. The van der Waals surface area contributed by atoms with Crippen LogP contribution in [-0.4, -0.2) is 6.54 Å². The van der Waals surface area contributed by atoms with E-state index in [2.05, 4.69) is 19.2 Å². The maximum atomic E-state index is 14.1. The zero-order chi connectivity index (χ0) is 13.7. The largest absolute Gasteiger partial charge is 0.310 e. The van der Waals surface area contributed by atoms with Crippen molar-refractivity contribution in [3.8, 4) is 0 Å². The van der Waals surface area contributed by atoms with E-state index in [9.17, 15) is 4.39 Å². The van der Waals surface area contributed by atoms with Crippen LogP contribution in [0.3, 0.4) is 0 Å². The molecular formula is C17H26FN. The van der Waals surface area contributed by atoms with Gasteiger partial charge in [-0.05, 0) is 43.7 Å². The van der Waals surface area contributed by atoms with Gasteiger partial charge >= 0.3 is 0 Å². The summed E-state index contributed by atoms with van der Waals surface area (Å²) in [5.41, 5.74) is 0.857. The Kier molecular flexibility index (Phi) is 5.38.